The smallest absolute Gasteiger partial charge is 0.289 e. The molecular weight excluding hydrogens is 471 g/mol. The van der Waals surface area contributed by atoms with E-state index in [0.717, 1.165) is 6.07 Å². The number of para-hydroxylation sites is 1. The zero-order valence-corrected chi connectivity index (χ0v) is 17.3. The number of benzene rings is 2. The van der Waals surface area contributed by atoms with Crippen LogP contribution in [0.1, 0.15) is 15.9 Å². The molecule has 4 rings (SSSR count). The number of amides is 1. The molecule has 0 unspecified atom stereocenters. The van der Waals surface area contributed by atoms with E-state index >= 15 is 0 Å². The van der Waals surface area contributed by atoms with Crippen molar-refractivity contribution in [2.75, 3.05) is 5.01 Å². The summed E-state index contributed by atoms with van der Waals surface area (Å²) in [5.41, 5.74) is -0.565. The number of hydrogen-bond donors (Lipinski definition) is 2. The molecule has 0 aliphatic carbocycles. The zero-order chi connectivity index (χ0) is 22.1. The molecule has 2 aromatic heterocycles. The van der Waals surface area contributed by atoms with Crippen LogP contribution in [0.5, 0.6) is 0 Å². The normalized spacial score (nSPS) is 10.9. The van der Waals surface area contributed by atoms with Gasteiger partial charge in [-0.3, -0.25) is 19.1 Å². The molecule has 9 nitrogen and oxygen atoms in total. The van der Waals surface area contributed by atoms with Crippen LogP contribution in [0.4, 0.5) is 10.3 Å². The van der Waals surface area contributed by atoms with Gasteiger partial charge in [-0.05, 0) is 45.8 Å². The third kappa shape index (κ3) is 4.00. The number of halogens is 2. The lowest BCUT2D eigenvalue weighted by Crippen LogP contribution is -2.39. The van der Waals surface area contributed by atoms with E-state index in [0.29, 0.717) is 25.9 Å². The first-order valence-corrected chi connectivity index (χ1v) is 9.71. The maximum atomic E-state index is 14.4. The van der Waals surface area contributed by atoms with Crippen LogP contribution >= 0.6 is 15.9 Å². The number of carbonyl (C=O) groups is 1. The number of nitrogens with zero attached hydrogens (tertiary/aromatic N) is 4. The lowest BCUT2D eigenvalue weighted by Gasteiger charge is -2.16. The van der Waals surface area contributed by atoms with Crippen molar-refractivity contribution >= 4 is 38.7 Å². The lowest BCUT2D eigenvalue weighted by atomic mass is 10.1. The van der Waals surface area contributed by atoms with E-state index in [1.807, 2.05) is 0 Å². The quantitative estimate of drug-likeness (QED) is 0.259. The first-order valence-electron chi connectivity index (χ1n) is 8.92. The summed E-state index contributed by atoms with van der Waals surface area (Å²) < 4.78 is 16.3. The van der Waals surface area contributed by atoms with Crippen LogP contribution in [-0.2, 0) is 6.54 Å². The minimum absolute atomic E-state index is 0.00393. The third-order valence-electron chi connectivity index (χ3n) is 4.55. The van der Waals surface area contributed by atoms with Crippen molar-refractivity contribution in [3.05, 3.63) is 97.1 Å². The molecule has 4 aromatic rings. The molecule has 0 saturated heterocycles. The second-order valence-electron chi connectivity index (χ2n) is 6.55. The Hall–Kier alpha value is -3.70. The number of rotatable bonds is 4. The molecule has 2 heterocycles. The number of nitrogens with two attached hydrogens (primary N) is 1. The van der Waals surface area contributed by atoms with Gasteiger partial charge in [0.2, 0.25) is 5.95 Å². The van der Waals surface area contributed by atoms with Crippen molar-refractivity contribution in [3.8, 4) is 0 Å². The minimum atomic E-state index is -0.861. The summed E-state index contributed by atoms with van der Waals surface area (Å²) in [5.74, 6) is 4.03. The van der Waals surface area contributed by atoms with Crippen molar-refractivity contribution in [1.82, 2.24) is 19.5 Å². The largest absolute Gasteiger partial charge is 0.329 e. The van der Waals surface area contributed by atoms with Gasteiger partial charge >= 0.3 is 5.69 Å². The summed E-state index contributed by atoms with van der Waals surface area (Å²) in [6.07, 6.45) is 2.80. The molecule has 0 spiro atoms. The van der Waals surface area contributed by atoms with Crippen molar-refractivity contribution in [1.29, 1.82) is 0 Å². The number of nitrogens with one attached hydrogen (secondary N) is 1. The summed E-state index contributed by atoms with van der Waals surface area (Å²) >= 11 is 3.18. The van der Waals surface area contributed by atoms with Gasteiger partial charge in [0.15, 0.2) is 0 Å². The Labute approximate surface area is 182 Å². The molecule has 0 saturated carbocycles. The van der Waals surface area contributed by atoms with E-state index in [9.17, 15) is 18.8 Å². The highest BCUT2D eigenvalue weighted by molar-refractivity contribution is 9.10. The predicted octanol–water partition coefficient (Wildman–Crippen LogP) is 1.95. The zero-order valence-electron chi connectivity index (χ0n) is 15.8. The van der Waals surface area contributed by atoms with E-state index < -0.39 is 23.0 Å². The average Bonchev–Trinajstić information content (AvgIpc) is 2.77. The van der Waals surface area contributed by atoms with Crippen LogP contribution in [0, 0.1) is 5.82 Å². The van der Waals surface area contributed by atoms with Crippen LogP contribution in [0.3, 0.4) is 0 Å². The molecule has 0 radical (unpaired) electrons. The molecule has 11 heteroatoms. The topological polar surface area (TPSA) is 127 Å². The Morgan fingerprint density at radius 1 is 1.16 bits per heavy atom. The second-order valence-corrected chi connectivity index (χ2v) is 7.47. The number of aromatic nitrogens is 4. The molecule has 156 valence electrons. The van der Waals surface area contributed by atoms with Crippen LogP contribution in [0.25, 0.3) is 10.9 Å². The molecular formula is C20H14BrFN6O3. The molecule has 31 heavy (non-hydrogen) atoms. The summed E-state index contributed by atoms with van der Waals surface area (Å²) in [5, 5.41) is 0.969. The number of aromatic amines is 1. The fourth-order valence-electron chi connectivity index (χ4n) is 3.07. The number of hydrazine groups is 1. The van der Waals surface area contributed by atoms with Crippen LogP contribution in [0.15, 0.2) is 68.9 Å². The number of H-pyrrole nitrogens is 1. The molecule has 0 aliphatic rings. The van der Waals surface area contributed by atoms with Gasteiger partial charge in [-0.15, -0.1) is 0 Å². The number of hydrogen-bond acceptors (Lipinski definition) is 6. The lowest BCUT2D eigenvalue weighted by molar-refractivity contribution is 0.0981. The van der Waals surface area contributed by atoms with E-state index in [1.54, 1.807) is 24.3 Å². The van der Waals surface area contributed by atoms with Gasteiger partial charge in [-0.2, -0.15) is 0 Å². The Balaban J connectivity index is 1.72. The average molecular weight is 485 g/mol. The Morgan fingerprint density at radius 2 is 1.87 bits per heavy atom. The Bertz CT molecular complexity index is 1420. The maximum absolute atomic E-state index is 14.4. The molecule has 0 bridgehead atoms. The van der Waals surface area contributed by atoms with Gasteiger partial charge in [-0.25, -0.2) is 30.0 Å². The fourth-order valence-corrected chi connectivity index (χ4v) is 3.27. The van der Waals surface area contributed by atoms with Crippen molar-refractivity contribution in [2.24, 2.45) is 5.84 Å². The van der Waals surface area contributed by atoms with Crippen molar-refractivity contribution in [3.63, 3.8) is 0 Å². The van der Waals surface area contributed by atoms with Gasteiger partial charge in [0.05, 0.1) is 27.5 Å². The number of anilines is 1. The second kappa shape index (κ2) is 8.20. The van der Waals surface area contributed by atoms with Gasteiger partial charge in [-0.1, -0.05) is 18.2 Å². The van der Waals surface area contributed by atoms with Gasteiger partial charge in [0.1, 0.15) is 5.82 Å². The fraction of sp³-hybridized carbons (Fsp3) is 0.0500. The molecule has 3 N–H and O–H groups in total. The summed E-state index contributed by atoms with van der Waals surface area (Å²) in [6.45, 7) is -0.00393. The minimum Gasteiger partial charge on any atom is -0.289 e. The van der Waals surface area contributed by atoms with Crippen LogP contribution < -0.4 is 22.1 Å². The predicted molar refractivity (Wildman–Crippen MR) is 115 cm³/mol. The monoisotopic (exact) mass is 484 g/mol. The van der Waals surface area contributed by atoms with Gasteiger partial charge < -0.3 is 0 Å². The highest BCUT2D eigenvalue weighted by atomic mass is 79.9. The number of carbonyl (C=O) groups excluding carboxylic acids is 1. The van der Waals surface area contributed by atoms with Crippen molar-refractivity contribution in [2.45, 2.75) is 6.54 Å². The summed E-state index contributed by atoms with van der Waals surface area (Å²) in [4.78, 5) is 47.2. The number of fused-ring (bicyclic) bond motifs is 1. The summed E-state index contributed by atoms with van der Waals surface area (Å²) in [7, 11) is 0. The van der Waals surface area contributed by atoms with Crippen LogP contribution in [0.2, 0.25) is 0 Å². The third-order valence-corrected chi connectivity index (χ3v) is 4.96. The van der Waals surface area contributed by atoms with Gasteiger partial charge in [0.25, 0.3) is 11.5 Å². The van der Waals surface area contributed by atoms with E-state index in [-0.39, 0.29) is 18.1 Å². The Kier molecular flexibility index (Phi) is 5.44. The maximum Gasteiger partial charge on any atom is 0.329 e. The first kappa shape index (κ1) is 20.6. The highest BCUT2D eigenvalue weighted by Gasteiger charge is 2.21. The van der Waals surface area contributed by atoms with E-state index in [1.165, 1.54) is 29.1 Å². The summed E-state index contributed by atoms with van der Waals surface area (Å²) in [6, 6.07) is 10.4. The molecule has 2 aromatic carbocycles. The van der Waals surface area contributed by atoms with Crippen molar-refractivity contribution < 1.29 is 9.18 Å². The first-order chi connectivity index (χ1) is 14.8. The standard InChI is InChI=1S/C20H14BrFN6O3/c21-12-8-24-19(25-9-12)28(23)18(30)14-7-11(5-6-15(14)22)10-27-16-4-2-1-3-13(16)17(29)26-20(27)31/h1-9H,10,23H2,(H,26,29,31). The molecule has 0 atom stereocenters. The molecule has 0 fully saturated rings. The SMILES string of the molecule is NN(C(=O)c1cc(Cn2c(=O)[nH]c(=O)c3ccccc32)ccc1F)c1ncc(Br)cn1. The van der Waals surface area contributed by atoms with Gasteiger partial charge in [0, 0.05) is 12.4 Å². The highest BCUT2D eigenvalue weighted by Crippen LogP contribution is 2.17. The Morgan fingerprint density at radius 3 is 2.61 bits per heavy atom. The van der Waals surface area contributed by atoms with E-state index in [4.69, 9.17) is 5.84 Å². The molecule has 1 amide bonds. The van der Waals surface area contributed by atoms with Crippen LogP contribution in [-0.4, -0.2) is 25.4 Å². The van der Waals surface area contributed by atoms with E-state index in [2.05, 4.69) is 30.9 Å². The molecule has 0 aliphatic heterocycles.